The van der Waals surface area contributed by atoms with Crippen molar-refractivity contribution in [3.63, 3.8) is 0 Å². The third kappa shape index (κ3) is 2.76. The number of aromatic nitrogens is 1. The zero-order chi connectivity index (χ0) is 14.3. The van der Waals surface area contributed by atoms with Crippen LogP contribution in [0.5, 0.6) is 0 Å². The Labute approximate surface area is 116 Å². The Morgan fingerprint density at radius 1 is 1.32 bits per heavy atom. The van der Waals surface area contributed by atoms with Gasteiger partial charge in [0.1, 0.15) is 5.82 Å². The van der Waals surface area contributed by atoms with Crippen molar-refractivity contribution < 1.29 is 5.11 Å². The van der Waals surface area contributed by atoms with Crippen LogP contribution in [-0.2, 0) is 5.60 Å². The molecule has 0 bridgehead atoms. The van der Waals surface area contributed by atoms with Gasteiger partial charge in [-0.05, 0) is 55.6 Å². The fourth-order valence-electron chi connectivity index (χ4n) is 3.40. The van der Waals surface area contributed by atoms with Gasteiger partial charge in [-0.1, -0.05) is 20.8 Å². The number of nitrogen functional groups attached to an aromatic ring is 1. The van der Waals surface area contributed by atoms with Crippen molar-refractivity contribution >= 4 is 5.82 Å². The van der Waals surface area contributed by atoms with E-state index in [4.69, 9.17) is 5.73 Å². The number of aryl methyl sites for hydroxylation is 1. The number of rotatable bonds is 1. The molecule has 1 heterocycles. The fraction of sp³-hybridized carbons (Fsp3) is 0.688. The van der Waals surface area contributed by atoms with E-state index in [0.717, 1.165) is 36.8 Å². The van der Waals surface area contributed by atoms with Gasteiger partial charge in [-0.2, -0.15) is 0 Å². The first-order valence-corrected chi connectivity index (χ1v) is 7.18. The van der Waals surface area contributed by atoms with Gasteiger partial charge in [0.25, 0.3) is 0 Å². The van der Waals surface area contributed by atoms with E-state index in [1.807, 2.05) is 13.0 Å². The summed E-state index contributed by atoms with van der Waals surface area (Å²) in [6.07, 6.45) is 5.37. The van der Waals surface area contributed by atoms with Crippen LogP contribution in [0.25, 0.3) is 0 Å². The van der Waals surface area contributed by atoms with Crippen molar-refractivity contribution in [2.24, 2.45) is 11.3 Å². The molecule has 1 fully saturated rings. The molecule has 0 saturated heterocycles. The van der Waals surface area contributed by atoms with Gasteiger partial charge in [0.15, 0.2) is 0 Å². The molecule has 3 nitrogen and oxygen atoms in total. The first kappa shape index (κ1) is 14.3. The van der Waals surface area contributed by atoms with Crippen LogP contribution in [0, 0.1) is 18.3 Å². The second-order valence-electron chi connectivity index (χ2n) is 7.06. The van der Waals surface area contributed by atoms with E-state index in [-0.39, 0.29) is 0 Å². The maximum absolute atomic E-state index is 11.0. The molecule has 3 heteroatoms. The molecule has 106 valence electrons. The molecule has 1 aliphatic carbocycles. The lowest BCUT2D eigenvalue weighted by atomic mass is 9.66. The lowest BCUT2D eigenvalue weighted by Gasteiger charge is -2.42. The number of nitrogens with zero attached hydrogens (tertiary/aromatic N) is 1. The van der Waals surface area contributed by atoms with Gasteiger partial charge in [-0.25, -0.2) is 4.98 Å². The quantitative estimate of drug-likeness (QED) is 0.815. The van der Waals surface area contributed by atoms with Crippen molar-refractivity contribution in [2.75, 3.05) is 5.73 Å². The van der Waals surface area contributed by atoms with Crippen molar-refractivity contribution in [1.82, 2.24) is 4.98 Å². The Bertz CT molecular complexity index is 434. The highest BCUT2D eigenvalue weighted by Crippen LogP contribution is 2.47. The highest BCUT2D eigenvalue weighted by Gasteiger charge is 2.40. The second-order valence-corrected chi connectivity index (χ2v) is 7.06. The molecular weight excluding hydrogens is 236 g/mol. The Balaban J connectivity index is 2.23. The van der Waals surface area contributed by atoms with Crippen LogP contribution in [0.2, 0.25) is 0 Å². The van der Waals surface area contributed by atoms with Gasteiger partial charge >= 0.3 is 0 Å². The largest absolute Gasteiger partial charge is 0.385 e. The number of hydrogen-bond donors (Lipinski definition) is 2. The van der Waals surface area contributed by atoms with Crippen molar-refractivity contribution in [1.29, 1.82) is 0 Å². The van der Waals surface area contributed by atoms with E-state index < -0.39 is 5.60 Å². The highest BCUT2D eigenvalue weighted by atomic mass is 16.3. The van der Waals surface area contributed by atoms with Gasteiger partial charge in [0.2, 0.25) is 0 Å². The summed E-state index contributed by atoms with van der Waals surface area (Å²) in [5, 5.41) is 11.0. The van der Waals surface area contributed by atoms with Gasteiger partial charge < -0.3 is 10.8 Å². The fourth-order valence-corrected chi connectivity index (χ4v) is 3.40. The third-order valence-electron chi connectivity index (χ3n) is 4.69. The van der Waals surface area contributed by atoms with Crippen LogP contribution in [0.15, 0.2) is 12.3 Å². The summed E-state index contributed by atoms with van der Waals surface area (Å²) in [4.78, 5) is 4.15. The minimum absolute atomic E-state index is 0.316. The summed E-state index contributed by atoms with van der Waals surface area (Å²) >= 11 is 0. The van der Waals surface area contributed by atoms with E-state index in [9.17, 15) is 5.11 Å². The van der Waals surface area contributed by atoms with Gasteiger partial charge in [0.05, 0.1) is 5.60 Å². The average molecular weight is 262 g/mol. The number of nitrogens with two attached hydrogens (primary N) is 1. The van der Waals surface area contributed by atoms with Crippen LogP contribution in [0.4, 0.5) is 5.82 Å². The SMILES string of the molecule is Cc1ccnc(N)c1C1(O)CCC(C(C)(C)C)CC1. The summed E-state index contributed by atoms with van der Waals surface area (Å²) in [5.41, 5.74) is 7.41. The number of pyridine rings is 1. The summed E-state index contributed by atoms with van der Waals surface area (Å²) < 4.78 is 0. The molecule has 1 saturated carbocycles. The van der Waals surface area contributed by atoms with Gasteiger partial charge in [-0.3, -0.25) is 0 Å². The normalized spacial score (nSPS) is 28.4. The molecule has 0 unspecified atom stereocenters. The number of anilines is 1. The smallest absolute Gasteiger partial charge is 0.129 e. The molecule has 0 radical (unpaired) electrons. The molecule has 1 aliphatic rings. The molecular formula is C16H26N2O. The predicted molar refractivity (Wildman–Crippen MR) is 78.7 cm³/mol. The van der Waals surface area contributed by atoms with E-state index in [0.29, 0.717) is 17.2 Å². The molecule has 19 heavy (non-hydrogen) atoms. The standard InChI is InChI=1S/C16H26N2O/c1-11-7-10-18-14(17)13(11)16(19)8-5-12(6-9-16)15(2,3)4/h7,10,12,19H,5-6,8-9H2,1-4H3,(H2,17,18). The Morgan fingerprint density at radius 3 is 2.37 bits per heavy atom. The monoisotopic (exact) mass is 262 g/mol. The zero-order valence-electron chi connectivity index (χ0n) is 12.5. The summed E-state index contributed by atoms with van der Waals surface area (Å²) in [7, 11) is 0. The van der Waals surface area contributed by atoms with Crippen molar-refractivity contribution in [3.05, 3.63) is 23.4 Å². The molecule has 2 rings (SSSR count). The Morgan fingerprint density at radius 2 is 1.89 bits per heavy atom. The number of hydrogen-bond acceptors (Lipinski definition) is 3. The van der Waals surface area contributed by atoms with Gasteiger partial charge in [-0.15, -0.1) is 0 Å². The predicted octanol–water partition coefficient (Wildman–Crippen LogP) is 3.40. The van der Waals surface area contributed by atoms with Crippen LogP contribution >= 0.6 is 0 Å². The summed E-state index contributed by atoms with van der Waals surface area (Å²) in [5.74, 6) is 1.16. The maximum Gasteiger partial charge on any atom is 0.129 e. The van der Waals surface area contributed by atoms with E-state index >= 15 is 0 Å². The number of aliphatic hydroxyl groups is 1. The van der Waals surface area contributed by atoms with Crippen molar-refractivity contribution in [3.8, 4) is 0 Å². The topological polar surface area (TPSA) is 59.1 Å². The molecule has 1 aromatic heterocycles. The molecule has 0 spiro atoms. The van der Waals surface area contributed by atoms with Crippen LogP contribution < -0.4 is 5.73 Å². The van der Waals surface area contributed by atoms with Gasteiger partial charge in [0, 0.05) is 11.8 Å². The third-order valence-corrected chi connectivity index (χ3v) is 4.69. The zero-order valence-corrected chi connectivity index (χ0v) is 12.5. The molecule has 3 N–H and O–H groups in total. The summed E-state index contributed by atoms with van der Waals surface area (Å²) in [6.45, 7) is 8.85. The summed E-state index contributed by atoms with van der Waals surface area (Å²) in [6, 6.07) is 1.93. The van der Waals surface area contributed by atoms with Crippen LogP contribution in [0.1, 0.15) is 57.6 Å². The lowest BCUT2D eigenvalue weighted by molar-refractivity contribution is -0.0298. The average Bonchev–Trinajstić information content (AvgIpc) is 2.27. The van der Waals surface area contributed by atoms with E-state index in [1.165, 1.54) is 0 Å². The van der Waals surface area contributed by atoms with Crippen molar-refractivity contribution in [2.45, 2.75) is 59.0 Å². The van der Waals surface area contributed by atoms with E-state index in [1.54, 1.807) is 6.20 Å². The molecule has 0 aromatic carbocycles. The molecule has 0 amide bonds. The minimum Gasteiger partial charge on any atom is -0.385 e. The Hall–Kier alpha value is -1.09. The molecule has 0 atom stereocenters. The Kier molecular flexibility index (Phi) is 3.61. The first-order chi connectivity index (χ1) is 8.74. The van der Waals surface area contributed by atoms with E-state index in [2.05, 4.69) is 25.8 Å². The minimum atomic E-state index is -0.788. The lowest BCUT2D eigenvalue weighted by Crippen LogP contribution is -2.36. The highest BCUT2D eigenvalue weighted by molar-refractivity contribution is 5.48. The second kappa shape index (κ2) is 4.78. The van der Waals surface area contributed by atoms with Crippen LogP contribution in [-0.4, -0.2) is 10.1 Å². The maximum atomic E-state index is 11.0. The first-order valence-electron chi connectivity index (χ1n) is 7.18. The molecule has 1 aromatic rings. The van der Waals surface area contributed by atoms with Crippen LogP contribution in [0.3, 0.4) is 0 Å². The molecule has 0 aliphatic heterocycles.